The van der Waals surface area contributed by atoms with Crippen LogP contribution in [0.5, 0.6) is 0 Å². The fourth-order valence-corrected chi connectivity index (χ4v) is 2.45. The van der Waals surface area contributed by atoms with Gasteiger partial charge in [-0.2, -0.15) is 0 Å². The van der Waals surface area contributed by atoms with Crippen molar-refractivity contribution in [3.05, 3.63) is 0 Å². The zero-order valence-corrected chi connectivity index (χ0v) is 11.8. The molecule has 1 aliphatic rings. The van der Waals surface area contributed by atoms with Gasteiger partial charge in [-0.05, 0) is 54.1 Å². The number of hydrogen-bond donors (Lipinski definition) is 2. The fourth-order valence-electron chi connectivity index (χ4n) is 2.45. The van der Waals surface area contributed by atoms with Gasteiger partial charge in [-0.15, -0.1) is 0 Å². The number of rotatable bonds is 4. The van der Waals surface area contributed by atoms with Gasteiger partial charge in [0.05, 0.1) is 6.04 Å². The van der Waals surface area contributed by atoms with Gasteiger partial charge in [-0.25, -0.2) is 0 Å². The van der Waals surface area contributed by atoms with Crippen LogP contribution < -0.4 is 10.6 Å². The average molecular weight is 241 g/mol. The SMILES string of the molecule is CNCC1CCCN1C(C)C(=O)NC(C)(C)C. The summed E-state index contributed by atoms with van der Waals surface area (Å²) in [6, 6.07) is 0.468. The first kappa shape index (κ1) is 14.5. The summed E-state index contributed by atoms with van der Waals surface area (Å²) in [5.41, 5.74) is -0.149. The lowest BCUT2D eigenvalue weighted by Crippen LogP contribution is -2.53. The first-order valence-electron chi connectivity index (χ1n) is 6.57. The fraction of sp³-hybridized carbons (Fsp3) is 0.923. The van der Waals surface area contributed by atoms with E-state index in [9.17, 15) is 4.79 Å². The minimum atomic E-state index is -0.149. The number of likely N-dealkylation sites (N-methyl/N-ethyl adjacent to an activating group) is 1. The summed E-state index contributed by atoms with van der Waals surface area (Å²) in [7, 11) is 1.97. The molecule has 1 heterocycles. The molecular formula is C13H27N3O. The molecule has 1 amide bonds. The molecule has 1 aliphatic heterocycles. The Morgan fingerprint density at radius 3 is 2.65 bits per heavy atom. The Bertz CT molecular complexity index is 260. The van der Waals surface area contributed by atoms with Crippen LogP contribution in [0.3, 0.4) is 0 Å². The number of nitrogens with one attached hydrogen (secondary N) is 2. The van der Waals surface area contributed by atoms with Crippen molar-refractivity contribution in [3.8, 4) is 0 Å². The summed E-state index contributed by atoms with van der Waals surface area (Å²) in [5.74, 6) is 0.139. The van der Waals surface area contributed by atoms with Gasteiger partial charge in [-0.1, -0.05) is 0 Å². The van der Waals surface area contributed by atoms with Crippen LogP contribution in [-0.2, 0) is 4.79 Å². The van der Waals surface area contributed by atoms with Gasteiger partial charge in [-0.3, -0.25) is 9.69 Å². The lowest BCUT2D eigenvalue weighted by atomic mass is 10.1. The van der Waals surface area contributed by atoms with Crippen LogP contribution in [-0.4, -0.2) is 48.6 Å². The van der Waals surface area contributed by atoms with Crippen LogP contribution in [0, 0.1) is 0 Å². The van der Waals surface area contributed by atoms with Crippen LogP contribution in [0.25, 0.3) is 0 Å². The molecule has 2 unspecified atom stereocenters. The van der Waals surface area contributed by atoms with E-state index < -0.39 is 0 Å². The number of likely N-dealkylation sites (tertiary alicyclic amines) is 1. The third-order valence-corrected chi connectivity index (χ3v) is 3.24. The van der Waals surface area contributed by atoms with E-state index in [-0.39, 0.29) is 17.5 Å². The summed E-state index contributed by atoms with van der Waals surface area (Å²) in [6.45, 7) is 10.1. The Labute approximate surface area is 105 Å². The smallest absolute Gasteiger partial charge is 0.237 e. The van der Waals surface area contributed by atoms with Crippen molar-refractivity contribution in [2.45, 2.75) is 58.2 Å². The lowest BCUT2D eigenvalue weighted by Gasteiger charge is -2.32. The number of hydrogen-bond acceptors (Lipinski definition) is 3. The molecule has 0 aromatic heterocycles. The van der Waals surface area contributed by atoms with Gasteiger partial charge in [0.2, 0.25) is 5.91 Å². The molecular weight excluding hydrogens is 214 g/mol. The molecule has 0 saturated carbocycles. The van der Waals surface area contributed by atoms with E-state index in [4.69, 9.17) is 0 Å². The van der Waals surface area contributed by atoms with Crippen molar-refractivity contribution in [1.29, 1.82) is 0 Å². The highest BCUT2D eigenvalue weighted by Gasteiger charge is 2.32. The van der Waals surface area contributed by atoms with E-state index in [2.05, 4.69) is 15.5 Å². The molecule has 2 atom stereocenters. The zero-order chi connectivity index (χ0) is 13.1. The third kappa shape index (κ3) is 4.28. The number of carbonyl (C=O) groups is 1. The molecule has 0 aliphatic carbocycles. The van der Waals surface area contributed by atoms with Gasteiger partial charge in [0.1, 0.15) is 0 Å². The standard InChI is InChI=1S/C13H27N3O/c1-10(12(17)15-13(2,3)4)16-8-6-7-11(16)9-14-5/h10-11,14H,6-9H2,1-5H3,(H,15,17). The van der Waals surface area contributed by atoms with E-state index >= 15 is 0 Å². The first-order chi connectivity index (χ1) is 7.85. The monoisotopic (exact) mass is 241 g/mol. The molecule has 0 aromatic rings. The Morgan fingerprint density at radius 1 is 1.47 bits per heavy atom. The van der Waals surface area contributed by atoms with E-state index in [1.807, 2.05) is 34.7 Å². The molecule has 0 aromatic carbocycles. The van der Waals surface area contributed by atoms with Crippen molar-refractivity contribution in [2.75, 3.05) is 20.1 Å². The lowest BCUT2D eigenvalue weighted by molar-refractivity contribution is -0.127. The maximum Gasteiger partial charge on any atom is 0.237 e. The zero-order valence-electron chi connectivity index (χ0n) is 11.8. The van der Waals surface area contributed by atoms with Crippen LogP contribution in [0.15, 0.2) is 0 Å². The summed E-state index contributed by atoms with van der Waals surface area (Å²) in [5, 5.41) is 6.27. The highest BCUT2D eigenvalue weighted by atomic mass is 16.2. The second kappa shape index (κ2) is 5.83. The number of nitrogens with zero attached hydrogens (tertiary/aromatic N) is 1. The van der Waals surface area contributed by atoms with Gasteiger partial charge < -0.3 is 10.6 Å². The normalized spacial score (nSPS) is 23.7. The summed E-state index contributed by atoms with van der Waals surface area (Å²) < 4.78 is 0. The second-order valence-corrected chi connectivity index (χ2v) is 6.01. The Hall–Kier alpha value is -0.610. The molecule has 0 spiro atoms. The number of amides is 1. The Morgan fingerprint density at radius 2 is 2.12 bits per heavy atom. The van der Waals surface area contributed by atoms with Crippen LogP contribution in [0.4, 0.5) is 0 Å². The van der Waals surface area contributed by atoms with E-state index in [1.165, 1.54) is 12.8 Å². The highest BCUT2D eigenvalue weighted by Crippen LogP contribution is 2.20. The van der Waals surface area contributed by atoms with Crippen molar-refractivity contribution in [1.82, 2.24) is 15.5 Å². The molecule has 0 bridgehead atoms. The van der Waals surface area contributed by atoms with E-state index in [0.717, 1.165) is 13.1 Å². The van der Waals surface area contributed by atoms with Crippen LogP contribution in [0.1, 0.15) is 40.5 Å². The Balaban J connectivity index is 2.56. The van der Waals surface area contributed by atoms with Crippen LogP contribution >= 0.6 is 0 Å². The van der Waals surface area contributed by atoms with Crippen LogP contribution in [0.2, 0.25) is 0 Å². The quantitative estimate of drug-likeness (QED) is 0.771. The number of carbonyl (C=O) groups excluding carboxylic acids is 1. The van der Waals surface area contributed by atoms with E-state index in [1.54, 1.807) is 0 Å². The Kier molecular flexibility index (Phi) is 4.95. The molecule has 2 N–H and O–H groups in total. The highest BCUT2D eigenvalue weighted by molar-refractivity contribution is 5.82. The maximum absolute atomic E-state index is 12.1. The average Bonchev–Trinajstić information content (AvgIpc) is 2.62. The van der Waals surface area contributed by atoms with Gasteiger partial charge in [0, 0.05) is 18.1 Å². The third-order valence-electron chi connectivity index (χ3n) is 3.24. The van der Waals surface area contributed by atoms with Crippen molar-refractivity contribution in [3.63, 3.8) is 0 Å². The predicted octanol–water partition coefficient (Wildman–Crippen LogP) is 0.973. The topological polar surface area (TPSA) is 44.4 Å². The predicted molar refractivity (Wildman–Crippen MR) is 71.0 cm³/mol. The molecule has 1 rings (SSSR count). The molecule has 1 fully saturated rings. The molecule has 1 saturated heterocycles. The molecule has 0 radical (unpaired) electrons. The largest absolute Gasteiger partial charge is 0.350 e. The van der Waals surface area contributed by atoms with Gasteiger partial charge in [0.25, 0.3) is 0 Å². The molecule has 17 heavy (non-hydrogen) atoms. The summed E-state index contributed by atoms with van der Waals surface area (Å²) >= 11 is 0. The minimum absolute atomic E-state index is 0.0323. The summed E-state index contributed by atoms with van der Waals surface area (Å²) in [4.78, 5) is 14.4. The maximum atomic E-state index is 12.1. The van der Waals surface area contributed by atoms with Crippen molar-refractivity contribution >= 4 is 5.91 Å². The summed E-state index contributed by atoms with van der Waals surface area (Å²) in [6.07, 6.45) is 2.38. The van der Waals surface area contributed by atoms with Gasteiger partial charge >= 0.3 is 0 Å². The second-order valence-electron chi connectivity index (χ2n) is 6.01. The first-order valence-corrected chi connectivity index (χ1v) is 6.57. The minimum Gasteiger partial charge on any atom is -0.350 e. The molecule has 4 nitrogen and oxygen atoms in total. The van der Waals surface area contributed by atoms with Crippen molar-refractivity contribution < 1.29 is 4.79 Å². The van der Waals surface area contributed by atoms with Gasteiger partial charge in [0.15, 0.2) is 0 Å². The molecule has 100 valence electrons. The van der Waals surface area contributed by atoms with E-state index in [0.29, 0.717) is 6.04 Å². The van der Waals surface area contributed by atoms with Crippen molar-refractivity contribution in [2.24, 2.45) is 0 Å². The molecule has 4 heteroatoms.